The Bertz CT molecular complexity index is 797. The Hall–Kier alpha value is -2.29. The second-order valence-electron chi connectivity index (χ2n) is 8.30. The highest BCUT2D eigenvalue weighted by atomic mass is 16.2. The molecule has 1 amide bonds. The Morgan fingerprint density at radius 2 is 1.81 bits per heavy atom. The molecule has 138 valence electrons. The van der Waals surface area contributed by atoms with Crippen molar-refractivity contribution in [1.29, 1.82) is 0 Å². The minimum Gasteiger partial charge on any atom is -0.399 e. The Labute approximate surface area is 157 Å². The van der Waals surface area contributed by atoms with Gasteiger partial charge < -0.3 is 10.6 Å². The smallest absolute Gasteiger partial charge is 0.227 e. The number of benzene rings is 2. The molecule has 3 rings (SSSR count). The molecule has 1 heterocycles. The van der Waals surface area contributed by atoms with Crippen molar-refractivity contribution >= 4 is 17.3 Å². The topological polar surface area (TPSA) is 46.3 Å². The van der Waals surface area contributed by atoms with E-state index in [2.05, 4.69) is 58.0 Å². The van der Waals surface area contributed by atoms with E-state index in [0.29, 0.717) is 6.42 Å². The summed E-state index contributed by atoms with van der Waals surface area (Å²) >= 11 is 0. The van der Waals surface area contributed by atoms with E-state index in [0.717, 1.165) is 36.2 Å². The third kappa shape index (κ3) is 3.11. The Morgan fingerprint density at radius 1 is 1.12 bits per heavy atom. The number of nitrogen functional groups attached to an aromatic ring is 1. The molecular weight excluding hydrogens is 320 g/mol. The van der Waals surface area contributed by atoms with Gasteiger partial charge in [0, 0.05) is 28.7 Å². The third-order valence-corrected chi connectivity index (χ3v) is 5.65. The number of fused-ring (bicyclic) bond motifs is 1. The van der Waals surface area contributed by atoms with E-state index in [1.807, 2.05) is 23.1 Å². The average molecular weight is 351 g/mol. The molecule has 2 aromatic rings. The summed E-state index contributed by atoms with van der Waals surface area (Å²) in [5.74, 6) is 0.206. The summed E-state index contributed by atoms with van der Waals surface area (Å²) in [6, 6.07) is 16.5. The second-order valence-corrected chi connectivity index (χ2v) is 8.30. The van der Waals surface area contributed by atoms with Crippen LogP contribution in [-0.4, -0.2) is 11.4 Å². The van der Waals surface area contributed by atoms with Crippen LogP contribution in [0, 0.1) is 0 Å². The summed E-state index contributed by atoms with van der Waals surface area (Å²) in [7, 11) is 0. The van der Waals surface area contributed by atoms with E-state index >= 15 is 0 Å². The predicted molar refractivity (Wildman–Crippen MR) is 109 cm³/mol. The van der Waals surface area contributed by atoms with Gasteiger partial charge in [0.2, 0.25) is 5.91 Å². The highest BCUT2D eigenvalue weighted by Gasteiger charge is 2.47. The number of nitrogens with two attached hydrogens (primary N) is 1. The zero-order chi connectivity index (χ0) is 18.9. The highest BCUT2D eigenvalue weighted by Crippen LogP contribution is 2.51. The molecule has 0 spiro atoms. The van der Waals surface area contributed by atoms with Crippen LogP contribution in [0.25, 0.3) is 0 Å². The first-order valence-corrected chi connectivity index (χ1v) is 9.58. The maximum Gasteiger partial charge on any atom is 0.227 e. The van der Waals surface area contributed by atoms with Crippen LogP contribution in [0.4, 0.5) is 11.4 Å². The van der Waals surface area contributed by atoms with Crippen molar-refractivity contribution in [1.82, 2.24) is 0 Å². The van der Waals surface area contributed by atoms with Crippen molar-refractivity contribution in [2.24, 2.45) is 0 Å². The first-order valence-electron chi connectivity index (χ1n) is 9.58. The second kappa shape index (κ2) is 6.79. The van der Waals surface area contributed by atoms with E-state index in [4.69, 9.17) is 5.73 Å². The molecule has 1 unspecified atom stereocenters. The lowest BCUT2D eigenvalue weighted by Crippen LogP contribution is -2.55. The number of hydrogen-bond acceptors (Lipinski definition) is 2. The highest BCUT2D eigenvalue weighted by molar-refractivity contribution is 5.97. The first-order chi connectivity index (χ1) is 12.3. The monoisotopic (exact) mass is 350 g/mol. The molecular formula is C23H30N2O. The minimum absolute atomic E-state index is 0.184. The lowest BCUT2D eigenvalue weighted by molar-refractivity contribution is -0.120. The summed E-state index contributed by atoms with van der Waals surface area (Å²) in [6.45, 7) is 8.75. The molecule has 0 fully saturated rings. The van der Waals surface area contributed by atoms with E-state index in [-0.39, 0.29) is 16.9 Å². The molecule has 0 saturated heterocycles. The standard InChI is InChI=1S/C23H30N2O/c1-5-6-12-21(26)25-20-14-13-18(24)15-19(20)23(4,16-22(25,2)3)17-10-8-7-9-11-17/h7-11,13-15H,5-6,12,16,24H2,1-4H3. The van der Waals surface area contributed by atoms with Gasteiger partial charge in [0.25, 0.3) is 0 Å². The van der Waals surface area contributed by atoms with Gasteiger partial charge in [0.1, 0.15) is 0 Å². The number of nitrogens with zero attached hydrogens (tertiary/aromatic N) is 1. The van der Waals surface area contributed by atoms with Gasteiger partial charge in [-0.15, -0.1) is 0 Å². The molecule has 2 N–H and O–H groups in total. The van der Waals surface area contributed by atoms with E-state index in [1.165, 1.54) is 5.56 Å². The average Bonchev–Trinajstić information content (AvgIpc) is 2.60. The van der Waals surface area contributed by atoms with Gasteiger partial charge in [-0.2, -0.15) is 0 Å². The van der Waals surface area contributed by atoms with Gasteiger partial charge in [0.15, 0.2) is 0 Å². The number of rotatable bonds is 4. The molecule has 0 aliphatic carbocycles. The number of carbonyl (C=O) groups excluding carboxylic acids is 1. The molecule has 1 atom stereocenters. The molecule has 3 nitrogen and oxygen atoms in total. The first kappa shape index (κ1) is 18.5. The summed E-state index contributed by atoms with van der Waals surface area (Å²) in [5, 5.41) is 0. The minimum atomic E-state index is -0.265. The number of anilines is 2. The van der Waals surface area contributed by atoms with Crippen molar-refractivity contribution in [2.75, 3.05) is 10.6 Å². The van der Waals surface area contributed by atoms with Crippen LogP contribution in [0.5, 0.6) is 0 Å². The van der Waals surface area contributed by atoms with Crippen LogP contribution in [0.2, 0.25) is 0 Å². The lowest BCUT2D eigenvalue weighted by atomic mass is 9.65. The van der Waals surface area contributed by atoms with Crippen LogP contribution in [0.3, 0.4) is 0 Å². The fourth-order valence-corrected chi connectivity index (χ4v) is 4.53. The zero-order valence-electron chi connectivity index (χ0n) is 16.4. The normalized spacial score (nSPS) is 21.3. The van der Waals surface area contributed by atoms with Crippen molar-refractivity contribution in [2.45, 2.75) is 64.3 Å². The van der Waals surface area contributed by atoms with Gasteiger partial charge in [-0.1, -0.05) is 50.6 Å². The number of unbranched alkanes of at least 4 members (excludes halogenated alkanes) is 1. The van der Waals surface area contributed by atoms with Gasteiger partial charge in [-0.25, -0.2) is 0 Å². The summed E-state index contributed by atoms with van der Waals surface area (Å²) in [5.41, 5.74) is 9.85. The van der Waals surface area contributed by atoms with E-state index in [1.54, 1.807) is 0 Å². The molecule has 0 aromatic heterocycles. The SMILES string of the molecule is CCCCC(=O)N1c2ccc(N)cc2C(C)(c2ccccc2)CC1(C)C. The fraction of sp³-hybridized carbons (Fsp3) is 0.435. The molecule has 2 aromatic carbocycles. The quantitative estimate of drug-likeness (QED) is 0.763. The third-order valence-electron chi connectivity index (χ3n) is 5.65. The van der Waals surface area contributed by atoms with Crippen molar-refractivity contribution in [3.8, 4) is 0 Å². The van der Waals surface area contributed by atoms with Gasteiger partial charge in [-0.05, 0) is 56.0 Å². The molecule has 1 aliphatic rings. The molecule has 0 radical (unpaired) electrons. The van der Waals surface area contributed by atoms with Crippen molar-refractivity contribution < 1.29 is 4.79 Å². The summed E-state index contributed by atoms with van der Waals surface area (Å²) in [4.78, 5) is 15.1. The maximum atomic E-state index is 13.1. The molecule has 0 bridgehead atoms. The molecule has 1 aliphatic heterocycles. The van der Waals surface area contributed by atoms with Crippen molar-refractivity contribution in [3.05, 3.63) is 59.7 Å². The van der Waals surface area contributed by atoms with E-state index < -0.39 is 0 Å². The van der Waals surface area contributed by atoms with Gasteiger partial charge in [-0.3, -0.25) is 4.79 Å². The van der Waals surface area contributed by atoms with Crippen LogP contribution in [-0.2, 0) is 10.2 Å². The van der Waals surface area contributed by atoms with Crippen LogP contribution >= 0.6 is 0 Å². The molecule has 26 heavy (non-hydrogen) atoms. The number of amides is 1. The molecule has 3 heteroatoms. The van der Waals surface area contributed by atoms with Gasteiger partial charge in [0.05, 0.1) is 0 Å². The fourth-order valence-electron chi connectivity index (χ4n) is 4.53. The van der Waals surface area contributed by atoms with Crippen LogP contribution in [0.1, 0.15) is 64.5 Å². The van der Waals surface area contributed by atoms with Crippen LogP contribution in [0.15, 0.2) is 48.5 Å². The zero-order valence-corrected chi connectivity index (χ0v) is 16.4. The number of carbonyl (C=O) groups is 1. The predicted octanol–water partition coefficient (Wildman–Crippen LogP) is 5.28. The Balaban J connectivity index is 2.18. The Morgan fingerprint density at radius 3 is 2.46 bits per heavy atom. The van der Waals surface area contributed by atoms with Gasteiger partial charge >= 0.3 is 0 Å². The van der Waals surface area contributed by atoms with Crippen LogP contribution < -0.4 is 10.6 Å². The molecule has 0 saturated carbocycles. The van der Waals surface area contributed by atoms with Crippen molar-refractivity contribution in [3.63, 3.8) is 0 Å². The lowest BCUT2D eigenvalue weighted by Gasteiger charge is -2.51. The Kier molecular flexibility index (Phi) is 4.83. The largest absolute Gasteiger partial charge is 0.399 e. The van der Waals surface area contributed by atoms with E-state index in [9.17, 15) is 4.79 Å². The number of hydrogen-bond donors (Lipinski definition) is 1. The summed E-state index contributed by atoms with van der Waals surface area (Å²) in [6.07, 6.45) is 3.39. The maximum absolute atomic E-state index is 13.1. The summed E-state index contributed by atoms with van der Waals surface area (Å²) < 4.78 is 0.